The first-order chi connectivity index (χ1) is 10.7. The lowest BCUT2D eigenvalue weighted by molar-refractivity contribution is -0.279. The van der Waals surface area contributed by atoms with Crippen molar-refractivity contribution in [2.45, 2.75) is 90.1 Å². The van der Waals surface area contributed by atoms with Crippen molar-refractivity contribution in [3.63, 3.8) is 0 Å². The molecule has 0 radical (unpaired) electrons. The second kappa shape index (κ2) is 16.3. The molecule has 1 atom stereocenters. The third-order valence-corrected chi connectivity index (χ3v) is 3.63. The number of carbonyl (C=O) groups is 1. The first-order valence-corrected chi connectivity index (χ1v) is 8.62. The van der Waals surface area contributed by atoms with Gasteiger partial charge in [0.1, 0.15) is 0 Å². The Morgan fingerprint density at radius 2 is 1.82 bits per heavy atom. The third kappa shape index (κ3) is 15.3. The minimum atomic E-state index is -0.719. The van der Waals surface area contributed by atoms with Crippen LogP contribution in [0.2, 0.25) is 0 Å². The lowest BCUT2D eigenvalue weighted by Gasteiger charge is -2.10. The van der Waals surface area contributed by atoms with Crippen LogP contribution in [0.15, 0.2) is 17.9 Å². The van der Waals surface area contributed by atoms with Gasteiger partial charge in [0.25, 0.3) is 0 Å². The summed E-state index contributed by atoms with van der Waals surface area (Å²) in [6.45, 7) is 2.19. The summed E-state index contributed by atoms with van der Waals surface area (Å²) in [6.07, 6.45) is 15.1. The number of carboxylic acids is 1. The van der Waals surface area contributed by atoms with Crippen LogP contribution in [0.4, 0.5) is 0 Å². The molecule has 4 nitrogen and oxygen atoms in total. The molecule has 0 saturated heterocycles. The summed E-state index contributed by atoms with van der Waals surface area (Å²) in [7, 11) is 0. The molecule has 0 aliphatic carbocycles. The van der Waals surface area contributed by atoms with Crippen LogP contribution in [0.3, 0.4) is 0 Å². The minimum Gasteiger partial charge on any atom is -0.481 e. The van der Waals surface area contributed by atoms with Gasteiger partial charge in [0.2, 0.25) is 0 Å². The van der Waals surface area contributed by atoms with E-state index in [9.17, 15) is 4.79 Å². The standard InChI is InChI=1S/C18H32O4/c1-2-3-4-5-6-8-11-14-17(22-21)15-12-9-7-10-13-16-18(19)20/h6,11,17,21H,2-5,7,9-10,12-16H2,1H3,(H,19,20). The maximum absolute atomic E-state index is 10.4. The van der Waals surface area contributed by atoms with Crippen molar-refractivity contribution in [2.24, 2.45) is 0 Å². The van der Waals surface area contributed by atoms with Crippen LogP contribution in [0.5, 0.6) is 0 Å². The highest BCUT2D eigenvalue weighted by Gasteiger charge is 2.06. The van der Waals surface area contributed by atoms with Gasteiger partial charge in [0.15, 0.2) is 0 Å². The molecule has 128 valence electrons. The van der Waals surface area contributed by atoms with E-state index in [-0.39, 0.29) is 12.5 Å². The SMILES string of the molecule is CCCCCC=C=CCC(CCCCCCCC(=O)O)OO. The Bertz CT molecular complexity index is 319. The van der Waals surface area contributed by atoms with Crippen LogP contribution < -0.4 is 0 Å². The first-order valence-electron chi connectivity index (χ1n) is 8.62. The maximum Gasteiger partial charge on any atom is 0.303 e. The molecule has 0 aromatic rings. The second-order valence-electron chi connectivity index (χ2n) is 5.73. The molecule has 0 aliphatic heterocycles. The van der Waals surface area contributed by atoms with E-state index in [1.165, 1.54) is 19.3 Å². The van der Waals surface area contributed by atoms with Crippen LogP contribution in [-0.2, 0) is 9.68 Å². The van der Waals surface area contributed by atoms with Gasteiger partial charge in [0.05, 0.1) is 6.10 Å². The Morgan fingerprint density at radius 1 is 1.09 bits per heavy atom. The molecule has 0 rings (SSSR count). The summed E-state index contributed by atoms with van der Waals surface area (Å²) in [5.41, 5.74) is 3.14. The van der Waals surface area contributed by atoms with Crippen molar-refractivity contribution in [2.75, 3.05) is 0 Å². The van der Waals surface area contributed by atoms with E-state index in [1.54, 1.807) is 0 Å². The number of unbranched alkanes of at least 4 members (excludes halogenated alkanes) is 7. The van der Waals surface area contributed by atoms with Crippen molar-refractivity contribution in [1.82, 2.24) is 0 Å². The van der Waals surface area contributed by atoms with E-state index >= 15 is 0 Å². The van der Waals surface area contributed by atoms with E-state index in [2.05, 4.69) is 17.5 Å². The fourth-order valence-corrected chi connectivity index (χ4v) is 2.25. The fourth-order valence-electron chi connectivity index (χ4n) is 2.25. The zero-order chi connectivity index (χ0) is 16.5. The van der Waals surface area contributed by atoms with Gasteiger partial charge >= 0.3 is 5.97 Å². The van der Waals surface area contributed by atoms with E-state index in [0.29, 0.717) is 6.42 Å². The van der Waals surface area contributed by atoms with Crippen molar-refractivity contribution in [3.8, 4) is 0 Å². The molecule has 0 saturated carbocycles. The molecule has 1 unspecified atom stereocenters. The van der Waals surface area contributed by atoms with Crippen LogP contribution in [0.1, 0.15) is 84.0 Å². The third-order valence-electron chi connectivity index (χ3n) is 3.63. The van der Waals surface area contributed by atoms with E-state index in [1.807, 2.05) is 12.2 Å². The first kappa shape index (κ1) is 20.9. The predicted molar refractivity (Wildman–Crippen MR) is 88.9 cm³/mol. The number of hydrogen-bond donors (Lipinski definition) is 2. The van der Waals surface area contributed by atoms with Crippen molar-refractivity contribution >= 4 is 5.97 Å². The zero-order valence-electron chi connectivity index (χ0n) is 13.9. The Hall–Kier alpha value is -1.09. The summed E-state index contributed by atoms with van der Waals surface area (Å²) in [5.74, 6) is -0.719. The number of carboxylic acid groups (broad SMARTS) is 1. The van der Waals surface area contributed by atoms with Gasteiger partial charge in [0, 0.05) is 12.8 Å². The fraction of sp³-hybridized carbons (Fsp3) is 0.778. The molecule has 0 bridgehead atoms. The van der Waals surface area contributed by atoms with Crippen molar-refractivity contribution < 1.29 is 20.0 Å². The molecule has 4 heteroatoms. The highest BCUT2D eigenvalue weighted by atomic mass is 17.1. The topological polar surface area (TPSA) is 66.8 Å². The normalized spacial score (nSPS) is 11.7. The average molecular weight is 312 g/mol. The van der Waals surface area contributed by atoms with Crippen LogP contribution in [-0.4, -0.2) is 22.4 Å². The Morgan fingerprint density at radius 3 is 2.50 bits per heavy atom. The second-order valence-corrected chi connectivity index (χ2v) is 5.73. The van der Waals surface area contributed by atoms with E-state index < -0.39 is 5.97 Å². The molecule has 0 aromatic carbocycles. The Balaban J connectivity index is 3.58. The number of rotatable bonds is 15. The average Bonchev–Trinajstić information content (AvgIpc) is 2.50. The van der Waals surface area contributed by atoms with Gasteiger partial charge in [-0.3, -0.25) is 10.1 Å². The molecule has 22 heavy (non-hydrogen) atoms. The molecular weight excluding hydrogens is 280 g/mol. The predicted octanol–water partition coefficient (Wildman–Crippen LogP) is 5.34. The van der Waals surface area contributed by atoms with Crippen LogP contribution >= 0.6 is 0 Å². The highest BCUT2D eigenvalue weighted by molar-refractivity contribution is 5.66. The van der Waals surface area contributed by atoms with Gasteiger partial charge in [-0.1, -0.05) is 45.4 Å². The zero-order valence-corrected chi connectivity index (χ0v) is 13.9. The van der Waals surface area contributed by atoms with Gasteiger partial charge in [-0.25, -0.2) is 4.89 Å². The van der Waals surface area contributed by atoms with Crippen molar-refractivity contribution in [3.05, 3.63) is 17.9 Å². The summed E-state index contributed by atoms with van der Waals surface area (Å²) < 4.78 is 0. The quantitative estimate of drug-likeness (QED) is 0.185. The summed E-state index contributed by atoms with van der Waals surface area (Å²) in [6, 6.07) is 0. The molecule has 0 fully saturated rings. The molecule has 0 spiro atoms. The molecule has 0 amide bonds. The Kier molecular flexibility index (Phi) is 15.5. The molecule has 0 aromatic heterocycles. The molecule has 0 aliphatic rings. The summed E-state index contributed by atoms with van der Waals surface area (Å²) >= 11 is 0. The van der Waals surface area contributed by atoms with Gasteiger partial charge in [-0.15, -0.1) is 5.73 Å². The van der Waals surface area contributed by atoms with Gasteiger partial charge < -0.3 is 5.11 Å². The largest absolute Gasteiger partial charge is 0.481 e. The number of hydrogen-bond acceptors (Lipinski definition) is 3. The van der Waals surface area contributed by atoms with E-state index in [0.717, 1.165) is 44.9 Å². The molecular formula is C18H32O4. The van der Waals surface area contributed by atoms with Crippen LogP contribution in [0.25, 0.3) is 0 Å². The lowest BCUT2D eigenvalue weighted by atomic mass is 10.1. The lowest BCUT2D eigenvalue weighted by Crippen LogP contribution is -2.09. The van der Waals surface area contributed by atoms with Gasteiger partial charge in [-0.05, 0) is 37.8 Å². The molecule has 2 N–H and O–H groups in total. The highest BCUT2D eigenvalue weighted by Crippen LogP contribution is 2.12. The monoisotopic (exact) mass is 312 g/mol. The van der Waals surface area contributed by atoms with Gasteiger partial charge in [-0.2, -0.15) is 0 Å². The summed E-state index contributed by atoms with van der Waals surface area (Å²) in [4.78, 5) is 14.9. The molecule has 0 heterocycles. The minimum absolute atomic E-state index is 0.157. The van der Waals surface area contributed by atoms with Crippen molar-refractivity contribution in [1.29, 1.82) is 0 Å². The number of aliphatic carboxylic acids is 1. The van der Waals surface area contributed by atoms with Crippen LogP contribution in [0, 0.1) is 0 Å². The smallest absolute Gasteiger partial charge is 0.303 e. The summed E-state index contributed by atoms with van der Waals surface area (Å²) in [5, 5.41) is 17.4. The Labute approximate surface area is 134 Å². The maximum atomic E-state index is 10.4. The van der Waals surface area contributed by atoms with E-state index in [4.69, 9.17) is 10.4 Å².